The lowest BCUT2D eigenvalue weighted by Crippen LogP contribution is -2.26. The Hall–Kier alpha value is -1.05. The summed E-state index contributed by atoms with van der Waals surface area (Å²) in [5.74, 6) is -1.74. The molecule has 0 aliphatic carbocycles. The second-order valence-corrected chi connectivity index (χ2v) is 5.38. The van der Waals surface area contributed by atoms with E-state index in [0.717, 1.165) is 6.07 Å². The molecule has 0 aliphatic rings. The molecule has 0 amide bonds. The predicted molar refractivity (Wildman–Crippen MR) is 58.7 cm³/mol. The maximum Gasteiger partial charge on any atom is 0.211 e. The van der Waals surface area contributed by atoms with Crippen LogP contribution in [-0.2, 0) is 16.6 Å². The van der Waals surface area contributed by atoms with Crippen molar-refractivity contribution in [3.05, 3.63) is 35.4 Å². The van der Waals surface area contributed by atoms with Gasteiger partial charge in [0, 0.05) is 24.8 Å². The van der Waals surface area contributed by atoms with E-state index in [4.69, 9.17) is 5.11 Å². The summed E-state index contributed by atoms with van der Waals surface area (Å²) in [5, 5.41) is 8.50. The number of hydrogen-bond donors (Lipinski definition) is 2. The lowest BCUT2D eigenvalue weighted by atomic mass is 10.2. The van der Waals surface area contributed by atoms with Gasteiger partial charge in [0.25, 0.3) is 0 Å². The van der Waals surface area contributed by atoms with Crippen LogP contribution in [0, 0.1) is 11.6 Å². The van der Waals surface area contributed by atoms with E-state index in [-0.39, 0.29) is 30.9 Å². The van der Waals surface area contributed by atoms with E-state index in [1.54, 1.807) is 0 Å². The van der Waals surface area contributed by atoms with Crippen molar-refractivity contribution in [2.45, 2.75) is 13.0 Å². The maximum absolute atomic E-state index is 13.2. The third kappa shape index (κ3) is 4.76. The molecule has 4 nitrogen and oxygen atoms in total. The van der Waals surface area contributed by atoms with E-state index in [1.165, 1.54) is 6.07 Å². The molecule has 0 atom stereocenters. The maximum atomic E-state index is 13.2. The zero-order chi connectivity index (χ0) is 12.9. The second kappa shape index (κ2) is 6.04. The second-order valence-electron chi connectivity index (χ2n) is 3.45. The van der Waals surface area contributed by atoms with E-state index >= 15 is 0 Å². The van der Waals surface area contributed by atoms with Crippen LogP contribution in [-0.4, -0.2) is 25.9 Å². The minimum absolute atomic E-state index is 0.0685. The van der Waals surface area contributed by atoms with Gasteiger partial charge < -0.3 is 5.11 Å². The highest BCUT2D eigenvalue weighted by Gasteiger charge is 2.11. The van der Waals surface area contributed by atoms with E-state index in [2.05, 4.69) is 4.72 Å². The van der Waals surface area contributed by atoms with Gasteiger partial charge in [0.2, 0.25) is 10.0 Å². The molecule has 1 aromatic carbocycles. The molecule has 1 aromatic rings. The summed E-state index contributed by atoms with van der Waals surface area (Å²) < 4.78 is 50.6. The summed E-state index contributed by atoms with van der Waals surface area (Å²) in [6, 6.07) is 2.93. The molecule has 0 saturated heterocycles. The average Bonchev–Trinajstić information content (AvgIpc) is 2.25. The number of aliphatic hydroxyl groups excluding tert-OH is 1. The largest absolute Gasteiger partial charge is 0.396 e. The highest BCUT2D eigenvalue weighted by Crippen LogP contribution is 2.09. The lowest BCUT2D eigenvalue weighted by Gasteiger charge is -2.06. The Kier molecular flexibility index (Phi) is 4.98. The van der Waals surface area contributed by atoms with E-state index < -0.39 is 21.7 Å². The molecule has 7 heteroatoms. The molecule has 0 aliphatic heterocycles. The first-order valence-electron chi connectivity index (χ1n) is 4.97. The van der Waals surface area contributed by atoms with Crippen LogP contribution in [0.2, 0.25) is 0 Å². The van der Waals surface area contributed by atoms with Crippen LogP contribution >= 0.6 is 0 Å². The fourth-order valence-electron chi connectivity index (χ4n) is 1.18. The normalized spacial score (nSPS) is 11.7. The molecule has 2 N–H and O–H groups in total. The number of sulfonamides is 1. The van der Waals surface area contributed by atoms with Crippen molar-refractivity contribution in [2.24, 2.45) is 0 Å². The van der Waals surface area contributed by atoms with E-state index in [1.807, 2.05) is 0 Å². The van der Waals surface area contributed by atoms with Crippen LogP contribution in [0.5, 0.6) is 0 Å². The summed E-state index contributed by atoms with van der Waals surface area (Å²) in [6.45, 7) is -0.467. The van der Waals surface area contributed by atoms with Gasteiger partial charge in [-0.3, -0.25) is 0 Å². The van der Waals surface area contributed by atoms with Gasteiger partial charge in [-0.1, -0.05) is 6.07 Å². The van der Waals surface area contributed by atoms with Crippen molar-refractivity contribution in [3.8, 4) is 0 Å². The first-order chi connectivity index (χ1) is 7.94. The standard InChI is InChI=1S/C10H13F2NO3S/c11-9-3-2-8(10(12)6-9)7-13-17(15,16)5-1-4-14/h2-3,6,13-14H,1,4-5,7H2. The molecular formula is C10H13F2NO3S. The Morgan fingerprint density at radius 1 is 1.29 bits per heavy atom. The van der Waals surface area contributed by atoms with Gasteiger partial charge in [0.1, 0.15) is 11.6 Å². The number of hydrogen-bond acceptors (Lipinski definition) is 3. The van der Waals surface area contributed by atoms with Crippen LogP contribution < -0.4 is 4.72 Å². The highest BCUT2D eigenvalue weighted by molar-refractivity contribution is 7.89. The van der Waals surface area contributed by atoms with Crippen molar-refractivity contribution in [2.75, 3.05) is 12.4 Å². The van der Waals surface area contributed by atoms with Gasteiger partial charge in [-0.25, -0.2) is 21.9 Å². The Labute approximate surface area is 98.3 Å². The quantitative estimate of drug-likeness (QED) is 0.798. The van der Waals surface area contributed by atoms with Crippen LogP contribution in [0.3, 0.4) is 0 Å². The molecule has 1 rings (SSSR count). The van der Waals surface area contributed by atoms with Gasteiger partial charge in [-0.15, -0.1) is 0 Å². The number of rotatable bonds is 6. The first kappa shape index (κ1) is 14.0. The molecule has 0 fully saturated rings. The molecule has 96 valence electrons. The molecule has 0 aromatic heterocycles. The van der Waals surface area contributed by atoms with Crippen molar-refractivity contribution >= 4 is 10.0 Å². The van der Waals surface area contributed by atoms with Crippen molar-refractivity contribution in [1.82, 2.24) is 4.72 Å². The number of nitrogens with one attached hydrogen (secondary N) is 1. The van der Waals surface area contributed by atoms with Gasteiger partial charge in [0.15, 0.2) is 0 Å². The summed E-state index contributed by atoms with van der Waals surface area (Å²) in [4.78, 5) is 0. The molecule has 0 saturated carbocycles. The van der Waals surface area contributed by atoms with E-state index in [0.29, 0.717) is 6.07 Å². The number of halogens is 2. The summed E-state index contributed by atoms with van der Waals surface area (Å²) >= 11 is 0. The fourth-order valence-corrected chi connectivity index (χ4v) is 2.21. The minimum atomic E-state index is -3.54. The van der Waals surface area contributed by atoms with Crippen molar-refractivity contribution in [3.63, 3.8) is 0 Å². The van der Waals surface area contributed by atoms with Gasteiger partial charge in [-0.2, -0.15) is 0 Å². The van der Waals surface area contributed by atoms with Crippen LogP contribution in [0.1, 0.15) is 12.0 Å². The third-order valence-corrected chi connectivity index (χ3v) is 3.48. The predicted octanol–water partition coefficient (Wildman–Crippen LogP) is 0.767. The summed E-state index contributed by atoms with van der Waals surface area (Å²) in [7, 11) is -3.54. The molecular weight excluding hydrogens is 252 g/mol. The fraction of sp³-hybridized carbons (Fsp3) is 0.400. The SMILES string of the molecule is O=S(=O)(CCCO)NCc1ccc(F)cc1F. The Morgan fingerprint density at radius 3 is 2.59 bits per heavy atom. The van der Waals surface area contributed by atoms with Crippen molar-refractivity contribution < 1.29 is 22.3 Å². The molecule has 0 bridgehead atoms. The number of aliphatic hydroxyl groups is 1. The minimum Gasteiger partial charge on any atom is -0.396 e. The topological polar surface area (TPSA) is 66.4 Å². The van der Waals surface area contributed by atoms with Crippen LogP contribution in [0.15, 0.2) is 18.2 Å². The third-order valence-electron chi connectivity index (χ3n) is 2.07. The highest BCUT2D eigenvalue weighted by atomic mass is 32.2. The van der Waals surface area contributed by atoms with Gasteiger partial charge >= 0.3 is 0 Å². The summed E-state index contributed by atoms with van der Waals surface area (Å²) in [5.41, 5.74) is 0.0685. The first-order valence-corrected chi connectivity index (χ1v) is 6.62. The lowest BCUT2D eigenvalue weighted by molar-refractivity contribution is 0.295. The molecule has 0 heterocycles. The molecule has 0 radical (unpaired) electrons. The van der Waals surface area contributed by atoms with Gasteiger partial charge in [-0.05, 0) is 12.5 Å². The average molecular weight is 265 g/mol. The Balaban J connectivity index is 2.61. The number of benzene rings is 1. The molecule has 17 heavy (non-hydrogen) atoms. The molecule has 0 unspecified atom stereocenters. The van der Waals surface area contributed by atoms with Crippen LogP contribution in [0.4, 0.5) is 8.78 Å². The molecule has 0 spiro atoms. The monoisotopic (exact) mass is 265 g/mol. The van der Waals surface area contributed by atoms with E-state index in [9.17, 15) is 17.2 Å². The zero-order valence-corrected chi connectivity index (χ0v) is 9.80. The Bertz CT molecular complexity index is 476. The van der Waals surface area contributed by atoms with Crippen molar-refractivity contribution in [1.29, 1.82) is 0 Å². The summed E-state index contributed by atoms with van der Waals surface area (Å²) in [6.07, 6.45) is 0.112. The Morgan fingerprint density at radius 2 is 2.00 bits per heavy atom. The smallest absolute Gasteiger partial charge is 0.211 e. The van der Waals surface area contributed by atoms with Crippen LogP contribution in [0.25, 0.3) is 0 Å². The zero-order valence-electron chi connectivity index (χ0n) is 8.99. The van der Waals surface area contributed by atoms with Gasteiger partial charge in [0.05, 0.1) is 5.75 Å².